The maximum Gasteiger partial charge on any atom is 0.260 e. The molecule has 28 heavy (non-hydrogen) atoms. The molecule has 1 aliphatic heterocycles. The number of hydrogen-bond acceptors (Lipinski definition) is 4. The normalized spacial score (nSPS) is 14.3. The van der Waals surface area contributed by atoms with Crippen LogP contribution in [0.3, 0.4) is 0 Å². The van der Waals surface area contributed by atoms with Gasteiger partial charge >= 0.3 is 0 Å². The molecule has 0 atom stereocenters. The first-order valence-electron chi connectivity index (χ1n) is 9.88. The van der Waals surface area contributed by atoms with Crippen LogP contribution in [0.15, 0.2) is 42.5 Å². The minimum Gasteiger partial charge on any atom is -0.495 e. The highest BCUT2D eigenvalue weighted by Gasteiger charge is 2.23. The molecule has 0 bridgehead atoms. The number of carbonyl (C=O) groups excluding carboxylic acids is 1. The van der Waals surface area contributed by atoms with Crippen molar-refractivity contribution in [3.05, 3.63) is 53.6 Å². The number of benzene rings is 2. The van der Waals surface area contributed by atoms with Crippen molar-refractivity contribution in [3.63, 3.8) is 0 Å². The molecule has 2 aromatic carbocycles. The van der Waals surface area contributed by atoms with Gasteiger partial charge in [0.2, 0.25) is 0 Å². The lowest BCUT2D eigenvalue weighted by Crippen LogP contribution is -2.50. The van der Waals surface area contributed by atoms with E-state index in [4.69, 9.17) is 9.47 Å². The van der Waals surface area contributed by atoms with E-state index in [1.807, 2.05) is 35.2 Å². The molecule has 0 saturated carbocycles. The van der Waals surface area contributed by atoms with E-state index in [-0.39, 0.29) is 12.5 Å². The summed E-state index contributed by atoms with van der Waals surface area (Å²) in [6, 6.07) is 14.1. The number of ether oxygens (including phenoxy) is 2. The molecule has 0 N–H and O–H groups in total. The first-order chi connectivity index (χ1) is 13.5. The molecule has 1 aliphatic rings. The van der Waals surface area contributed by atoms with Gasteiger partial charge in [-0.25, -0.2) is 0 Å². The standard InChI is InChI=1S/C23H30N2O3/c1-17(2)20-10-9-19(15-18(20)3)28-16-23(26)25-13-11-24(12-14-25)21-7-5-6-8-22(21)27-4/h5-10,15,17H,11-14,16H2,1-4H3. The Hall–Kier alpha value is -2.69. The second-order valence-corrected chi connectivity index (χ2v) is 7.50. The van der Waals surface area contributed by atoms with E-state index in [0.717, 1.165) is 30.3 Å². The molecular weight excluding hydrogens is 352 g/mol. The predicted molar refractivity (Wildman–Crippen MR) is 113 cm³/mol. The molecule has 150 valence electrons. The van der Waals surface area contributed by atoms with Crippen LogP contribution in [0.4, 0.5) is 5.69 Å². The van der Waals surface area contributed by atoms with Crippen LogP contribution in [-0.2, 0) is 4.79 Å². The summed E-state index contributed by atoms with van der Waals surface area (Å²) in [7, 11) is 1.69. The second-order valence-electron chi connectivity index (χ2n) is 7.50. The molecule has 1 fully saturated rings. The maximum atomic E-state index is 12.6. The quantitative estimate of drug-likeness (QED) is 0.761. The Morgan fingerprint density at radius 3 is 2.43 bits per heavy atom. The van der Waals surface area contributed by atoms with E-state index in [9.17, 15) is 4.79 Å². The van der Waals surface area contributed by atoms with E-state index in [1.165, 1.54) is 11.1 Å². The lowest BCUT2D eigenvalue weighted by molar-refractivity contribution is -0.133. The fourth-order valence-electron chi connectivity index (χ4n) is 3.71. The number of rotatable bonds is 6. The van der Waals surface area contributed by atoms with Crippen LogP contribution in [0, 0.1) is 6.92 Å². The largest absolute Gasteiger partial charge is 0.495 e. The smallest absolute Gasteiger partial charge is 0.260 e. The molecule has 0 unspecified atom stereocenters. The van der Waals surface area contributed by atoms with Gasteiger partial charge in [0.25, 0.3) is 5.91 Å². The molecule has 2 aromatic rings. The topological polar surface area (TPSA) is 42.0 Å². The minimum atomic E-state index is 0.0327. The van der Waals surface area contributed by atoms with Gasteiger partial charge in [-0.05, 0) is 48.2 Å². The Bertz CT molecular complexity index is 811. The minimum absolute atomic E-state index is 0.0327. The third kappa shape index (κ3) is 4.58. The van der Waals surface area contributed by atoms with Crippen LogP contribution in [0.1, 0.15) is 30.9 Å². The average Bonchev–Trinajstić information content (AvgIpc) is 2.72. The van der Waals surface area contributed by atoms with Crippen molar-refractivity contribution in [2.75, 3.05) is 44.8 Å². The van der Waals surface area contributed by atoms with Crippen molar-refractivity contribution in [3.8, 4) is 11.5 Å². The summed E-state index contributed by atoms with van der Waals surface area (Å²) >= 11 is 0. The Morgan fingerprint density at radius 2 is 1.79 bits per heavy atom. The summed E-state index contributed by atoms with van der Waals surface area (Å²) in [5.74, 6) is 2.13. The molecular formula is C23H30N2O3. The number of aryl methyl sites for hydroxylation is 1. The Balaban J connectivity index is 1.52. The molecule has 0 spiro atoms. The monoisotopic (exact) mass is 382 g/mol. The van der Waals surface area contributed by atoms with Gasteiger partial charge < -0.3 is 19.3 Å². The van der Waals surface area contributed by atoms with Gasteiger partial charge in [0.15, 0.2) is 6.61 Å². The SMILES string of the molecule is COc1ccccc1N1CCN(C(=O)COc2ccc(C(C)C)c(C)c2)CC1. The van der Waals surface area contributed by atoms with Crippen molar-refractivity contribution >= 4 is 11.6 Å². The summed E-state index contributed by atoms with van der Waals surface area (Å²) in [5.41, 5.74) is 3.59. The van der Waals surface area contributed by atoms with Crippen LogP contribution in [-0.4, -0.2) is 50.7 Å². The van der Waals surface area contributed by atoms with Crippen LogP contribution >= 0.6 is 0 Å². The van der Waals surface area contributed by atoms with Gasteiger partial charge in [-0.2, -0.15) is 0 Å². The van der Waals surface area contributed by atoms with E-state index < -0.39 is 0 Å². The van der Waals surface area contributed by atoms with Crippen molar-refractivity contribution in [1.82, 2.24) is 4.90 Å². The summed E-state index contributed by atoms with van der Waals surface area (Å²) in [5, 5.41) is 0. The summed E-state index contributed by atoms with van der Waals surface area (Å²) in [4.78, 5) is 16.7. The second kappa shape index (κ2) is 9.00. The van der Waals surface area contributed by atoms with Crippen LogP contribution in [0.25, 0.3) is 0 Å². The molecule has 3 rings (SSSR count). The van der Waals surface area contributed by atoms with Crippen LogP contribution in [0.2, 0.25) is 0 Å². The Kier molecular flexibility index (Phi) is 6.45. The molecule has 5 nitrogen and oxygen atoms in total. The number of nitrogens with zero attached hydrogens (tertiary/aromatic N) is 2. The van der Waals surface area contributed by atoms with Gasteiger partial charge in [0.1, 0.15) is 11.5 Å². The Labute approximate surface area is 167 Å². The van der Waals surface area contributed by atoms with E-state index in [1.54, 1.807) is 7.11 Å². The molecule has 5 heteroatoms. The summed E-state index contributed by atoms with van der Waals surface area (Å²) in [6.45, 7) is 9.46. The number of para-hydroxylation sites is 2. The number of anilines is 1. The third-order valence-electron chi connectivity index (χ3n) is 5.28. The fourth-order valence-corrected chi connectivity index (χ4v) is 3.71. The predicted octanol–water partition coefficient (Wildman–Crippen LogP) is 3.85. The number of methoxy groups -OCH3 is 1. The van der Waals surface area contributed by atoms with Gasteiger partial charge in [0, 0.05) is 26.2 Å². The number of carbonyl (C=O) groups is 1. The number of piperazine rings is 1. The first-order valence-corrected chi connectivity index (χ1v) is 9.88. The molecule has 0 radical (unpaired) electrons. The Morgan fingerprint density at radius 1 is 1.07 bits per heavy atom. The van der Waals surface area contributed by atoms with E-state index in [0.29, 0.717) is 19.0 Å². The number of hydrogen-bond donors (Lipinski definition) is 0. The highest BCUT2D eigenvalue weighted by atomic mass is 16.5. The van der Waals surface area contributed by atoms with Gasteiger partial charge in [-0.3, -0.25) is 4.79 Å². The van der Waals surface area contributed by atoms with Crippen LogP contribution in [0.5, 0.6) is 11.5 Å². The van der Waals surface area contributed by atoms with Crippen molar-refractivity contribution < 1.29 is 14.3 Å². The van der Waals surface area contributed by atoms with Gasteiger partial charge in [-0.15, -0.1) is 0 Å². The summed E-state index contributed by atoms with van der Waals surface area (Å²) < 4.78 is 11.2. The highest BCUT2D eigenvalue weighted by Crippen LogP contribution is 2.28. The van der Waals surface area contributed by atoms with Crippen molar-refractivity contribution in [1.29, 1.82) is 0 Å². The molecule has 0 aromatic heterocycles. The zero-order valence-electron chi connectivity index (χ0n) is 17.3. The fraction of sp³-hybridized carbons (Fsp3) is 0.435. The van der Waals surface area contributed by atoms with Gasteiger partial charge in [-0.1, -0.05) is 32.0 Å². The molecule has 0 aliphatic carbocycles. The van der Waals surface area contributed by atoms with Crippen molar-refractivity contribution in [2.24, 2.45) is 0 Å². The lowest BCUT2D eigenvalue weighted by atomic mass is 9.98. The zero-order valence-corrected chi connectivity index (χ0v) is 17.3. The molecule has 1 heterocycles. The first kappa shape index (κ1) is 20.1. The third-order valence-corrected chi connectivity index (χ3v) is 5.28. The van der Waals surface area contributed by atoms with E-state index >= 15 is 0 Å². The lowest BCUT2D eigenvalue weighted by Gasteiger charge is -2.36. The van der Waals surface area contributed by atoms with Gasteiger partial charge in [0.05, 0.1) is 12.8 Å². The maximum absolute atomic E-state index is 12.6. The van der Waals surface area contributed by atoms with E-state index in [2.05, 4.69) is 37.8 Å². The number of amides is 1. The molecule has 1 saturated heterocycles. The highest BCUT2D eigenvalue weighted by molar-refractivity contribution is 5.78. The average molecular weight is 383 g/mol. The van der Waals surface area contributed by atoms with Crippen molar-refractivity contribution in [2.45, 2.75) is 26.7 Å². The molecule has 1 amide bonds. The zero-order chi connectivity index (χ0) is 20.1. The summed E-state index contributed by atoms with van der Waals surface area (Å²) in [6.07, 6.45) is 0. The van der Waals surface area contributed by atoms with Crippen LogP contribution < -0.4 is 14.4 Å².